The second-order valence-electron chi connectivity index (χ2n) is 4.93. The molecule has 0 unspecified atom stereocenters. The molecule has 1 aliphatic heterocycles. The van der Waals surface area contributed by atoms with Crippen LogP contribution in [0, 0.1) is 17.0 Å². The van der Waals surface area contributed by atoms with Crippen LogP contribution in [0.5, 0.6) is 0 Å². The van der Waals surface area contributed by atoms with E-state index in [4.69, 9.17) is 8.83 Å². The first-order chi connectivity index (χ1) is 10.6. The number of amides is 1. The number of aryl methyl sites for hydroxylation is 1. The summed E-state index contributed by atoms with van der Waals surface area (Å²) in [5.74, 6) is 2.23. The second kappa shape index (κ2) is 5.88. The van der Waals surface area contributed by atoms with Gasteiger partial charge in [0.15, 0.2) is 5.76 Å². The molecule has 1 atom stereocenters. The minimum Gasteiger partial charge on any atom is -0.464 e. The van der Waals surface area contributed by atoms with Crippen molar-refractivity contribution < 1.29 is 18.6 Å². The van der Waals surface area contributed by atoms with E-state index < -0.39 is 10.8 Å². The molecule has 0 bridgehead atoms. The van der Waals surface area contributed by atoms with Crippen LogP contribution in [-0.2, 0) is 0 Å². The van der Waals surface area contributed by atoms with Gasteiger partial charge in [-0.1, -0.05) is 0 Å². The number of carbonyl (C=O) groups is 1. The van der Waals surface area contributed by atoms with Crippen molar-refractivity contribution in [2.45, 2.75) is 13.0 Å². The van der Waals surface area contributed by atoms with E-state index in [2.05, 4.69) is 0 Å². The highest BCUT2D eigenvalue weighted by Crippen LogP contribution is 2.32. The smallest absolute Gasteiger partial charge is 0.433 e. The first-order valence-electron chi connectivity index (χ1n) is 6.75. The minimum atomic E-state index is -0.657. The Morgan fingerprint density at radius 1 is 1.36 bits per heavy atom. The molecule has 1 fully saturated rings. The van der Waals surface area contributed by atoms with Crippen LogP contribution in [0.15, 0.2) is 33.1 Å². The van der Waals surface area contributed by atoms with Crippen LogP contribution in [0.2, 0.25) is 0 Å². The van der Waals surface area contributed by atoms with Crippen molar-refractivity contribution >= 4 is 23.6 Å². The summed E-state index contributed by atoms with van der Waals surface area (Å²) >= 11 is 1.74. The third-order valence-corrected chi connectivity index (χ3v) is 4.48. The Morgan fingerprint density at radius 2 is 2.18 bits per heavy atom. The monoisotopic (exact) mass is 322 g/mol. The summed E-state index contributed by atoms with van der Waals surface area (Å²) in [5, 5.41) is 10.7. The third kappa shape index (κ3) is 2.74. The van der Waals surface area contributed by atoms with Crippen LogP contribution in [0.1, 0.15) is 28.1 Å². The fourth-order valence-electron chi connectivity index (χ4n) is 2.40. The van der Waals surface area contributed by atoms with Gasteiger partial charge in [-0.05, 0) is 25.1 Å². The lowest BCUT2D eigenvalue weighted by Crippen LogP contribution is -2.40. The van der Waals surface area contributed by atoms with E-state index in [0.29, 0.717) is 6.54 Å². The van der Waals surface area contributed by atoms with Gasteiger partial charge in [0.25, 0.3) is 5.91 Å². The lowest BCUT2D eigenvalue weighted by atomic mass is 10.2. The van der Waals surface area contributed by atoms with Gasteiger partial charge in [0.2, 0.25) is 0 Å². The highest BCUT2D eigenvalue weighted by atomic mass is 32.2. The molecule has 1 amide bonds. The molecule has 3 rings (SSSR count). The van der Waals surface area contributed by atoms with Crippen LogP contribution in [0.3, 0.4) is 0 Å². The minimum absolute atomic E-state index is 0.0214. The van der Waals surface area contributed by atoms with Gasteiger partial charge >= 0.3 is 5.88 Å². The average Bonchev–Trinajstić information content (AvgIpc) is 3.15. The Balaban J connectivity index is 1.86. The summed E-state index contributed by atoms with van der Waals surface area (Å²) in [6, 6.07) is 6.06. The maximum absolute atomic E-state index is 12.6. The van der Waals surface area contributed by atoms with E-state index >= 15 is 0 Å². The van der Waals surface area contributed by atoms with Crippen LogP contribution in [0.25, 0.3) is 0 Å². The lowest BCUT2D eigenvalue weighted by molar-refractivity contribution is -0.402. The van der Waals surface area contributed by atoms with Crippen molar-refractivity contribution in [3.05, 3.63) is 51.7 Å². The van der Waals surface area contributed by atoms with Crippen molar-refractivity contribution in [1.82, 2.24) is 4.90 Å². The number of carbonyl (C=O) groups excluding carboxylic acids is 1. The number of nitro groups is 1. The summed E-state index contributed by atoms with van der Waals surface area (Å²) in [6.45, 7) is 2.39. The SMILES string of the molecule is Cc1ccc([C@H]2CSCCN2C(=O)c2ccc([N+](=O)[O-])o2)o1. The normalized spacial score (nSPS) is 18.4. The predicted molar refractivity (Wildman–Crippen MR) is 79.9 cm³/mol. The van der Waals surface area contributed by atoms with Crippen molar-refractivity contribution in [3.8, 4) is 0 Å². The van der Waals surface area contributed by atoms with Crippen molar-refractivity contribution in [3.63, 3.8) is 0 Å². The second-order valence-corrected chi connectivity index (χ2v) is 6.08. The number of thioether (sulfide) groups is 1. The highest BCUT2D eigenvalue weighted by molar-refractivity contribution is 7.99. The van der Waals surface area contributed by atoms with E-state index in [1.807, 2.05) is 19.1 Å². The molecule has 22 heavy (non-hydrogen) atoms. The van der Waals surface area contributed by atoms with Gasteiger partial charge in [-0.15, -0.1) is 0 Å². The molecule has 0 saturated carbocycles. The van der Waals surface area contributed by atoms with Crippen LogP contribution in [-0.4, -0.2) is 33.8 Å². The molecule has 2 aromatic heterocycles. The number of furan rings is 2. The third-order valence-electron chi connectivity index (χ3n) is 3.46. The fraction of sp³-hybridized carbons (Fsp3) is 0.357. The molecule has 7 nitrogen and oxygen atoms in total. The zero-order valence-electron chi connectivity index (χ0n) is 11.9. The first-order valence-corrected chi connectivity index (χ1v) is 7.91. The van der Waals surface area contributed by atoms with Crippen LogP contribution in [0.4, 0.5) is 5.88 Å². The summed E-state index contributed by atoms with van der Waals surface area (Å²) in [6.07, 6.45) is 0. The summed E-state index contributed by atoms with van der Waals surface area (Å²) < 4.78 is 10.7. The van der Waals surface area contributed by atoms with Crippen molar-refractivity contribution in [2.24, 2.45) is 0 Å². The molecule has 0 radical (unpaired) electrons. The van der Waals surface area contributed by atoms with Crippen molar-refractivity contribution in [1.29, 1.82) is 0 Å². The molecule has 1 saturated heterocycles. The largest absolute Gasteiger partial charge is 0.464 e. The Morgan fingerprint density at radius 3 is 2.82 bits per heavy atom. The van der Waals surface area contributed by atoms with E-state index in [9.17, 15) is 14.9 Å². The number of hydrogen-bond donors (Lipinski definition) is 0. The number of nitrogens with zero attached hydrogens (tertiary/aromatic N) is 2. The fourth-order valence-corrected chi connectivity index (χ4v) is 3.46. The van der Waals surface area contributed by atoms with Crippen LogP contribution >= 0.6 is 11.8 Å². The van der Waals surface area contributed by atoms with Gasteiger partial charge in [-0.2, -0.15) is 11.8 Å². The molecule has 0 spiro atoms. The Labute approximate surface area is 130 Å². The predicted octanol–water partition coefficient (Wildman–Crippen LogP) is 3.02. The maximum Gasteiger partial charge on any atom is 0.433 e. The standard InChI is InChI=1S/C14H14N2O5S/c1-9-2-3-11(20-9)10-8-22-7-6-15(10)14(17)12-4-5-13(21-12)16(18)19/h2-5,10H,6-8H2,1H3/t10-/m1/s1. The molecular weight excluding hydrogens is 308 g/mol. The molecular formula is C14H14N2O5S. The maximum atomic E-state index is 12.6. The summed E-state index contributed by atoms with van der Waals surface area (Å²) in [4.78, 5) is 24.2. The number of rotatable bonds is 3. The summed E-state index contributed by atoms with van der Waals surface area (Å²) in [7, 11) is 0. The topological polar surface area (TPSA) is 89.7 Å². The highest BCUT2D eigenvalue weighted by Gasteiger charge is 2.33. The molecule has 2 aromatic rings. The van der Waals surface area contributed by atoms with Crippen LogP contribution < -0.4 is 0 Å². The van der Waals surface area contributed by atoms with E-state index in [1.165, 1.54) is 12.1 Å². The average molecular weight is 322 g/mol. The zero-order chi connectivity index (χ0) is 15.7. The number of hydrogen-bond acceptors (Lipinski definition) is 6. The van der Waals surface area contributed by atoms with Gasteiger partial charge in [0.05, 0.1) is 12.1 Å². The molecule has 0 N–H and O–H groups in total. The van der Waals surface area contributed by atoms with E-state index in [0.717, 1.165) is 23.0 Å². The Hall–Kier alpha value is -2.22. The van der Waals surface area contributed by atoms with Gasteiger partial charge in [-0.3, -0.25) is 14.9 Å². The Kier molecular flexibility index (Phi) is 3.93. The molecule has 1 aliphatic rings. The molecule has 8 heteroatoms. The van der Waals surface area contributed by atoms with E-state index in [1.54, 1.807) is 16.7 Å². The van der Waals surface area contributed by atoms with Gasteiger partial charge in [0.1, 0.15) is 16.4 Å². The first kappa shape index (κ1) is 14.7. The molecule has 3 heterocycles. The summed E-state index contributed by atoms with van der Waals surface area (Å²) in [5.41, 5.74) is 0. The van der Waals surface area contributed by atoms with Gasteiger partial charge < -0.3 is 13.7 Å². The Bertz CT molecular complexity index is 708. The molecule has 0 aromatic carbocycles. The quantitative estimate of drug-likeness (QED) is 0.637. The van der Waals surface area contributed by atoms with Gasteiger partial charge in [-0.25, -0.2) is 0 Å². The lowest BCUT2D eigenvalue weighted by Gasteiger charge is -2.33. The molecule has 0 aliphatic carbocycles. The van der Waals surface area contributed by atoms with Gasteiger partial charge in [0, 0.05) is 18.1 Å². The zero-order valence-corrected chi connectivity index (χ0v) is 12.7. The van der Waals surface area contributed by atoms with Crippen molar-refractivity contribution in [2.75, 3.05) is 18.1 Å². The van der Waals surface area contributed by atoms with E-state index in [-0.39, 0.29) is 17.7 Å². The molecule has 116 valence electrons.